The van der Waals surface area contributed by atoms with Crippen molar-refractivity contribution in [2.75, 3.05) is 4.90 Å². The zero-order valence-corrected chi connectivity index (χ0v) is 17.7. The Hall–Kier alpha value is -2.47. The quantitative estimate of drug-likeness (QED) is 0.527. The highest BCUT2D eigenvalue weighted by molar-refractivity contribution is 9.10. The van der Waals surface area contributed by atoms with Gasteiger partial charge in [-0.1, -0.05) is 70.0 Å². The van der Waals surface area contributed by atoms with E-state index in [2.05, 4.69) is 15.9 Å². The van der Waals surface area contributed by atoms with E-state index < -0.39 is 11.5 Å². The molecule has 3 aromatic rings. The van der Waals surface area contributed by atoms with Gasteiger partial charge < -0.3 is 10.0 Å². The highest BCUT2D eigenvalue weighted by Gasteiger charge is 2.51. The van der Waals surface area contributed by atoms with Crippen LogP contribution in [0.5, 0.6) is 0 Å². The van der Waals surface area contributed by atoms with Gasteiger partial charge in [-0.3, -0.25) is 9.59 Å². The van der Waals surface area contributed by atoms with Crippen molar-refractivity contribution in [1.82, 2.24) is 0 Å². The van der Waals surface area contributed by atoms with E-state index in [0.717, 1.165) is 10.0 Å². The Bertz CT molecular complexity index is 1100. The Balaban J connectivity index is 1.72. The number of carbonyl (C=O) groups excluding carboxylic acids is 2. The second-order valence-corrected chi connectivity index (χ2v) is 8.36. The van der Waals surface area contributed by atoms with E-state index in [0.29, 0.717) is 28.4 Å². The predicted molar refractivity (Wildman–Crippen MR) is 116 cm³/mol. The standard InChI is InChI=1S/C23H17BrClNO3/c24-17-8-4-7-16(11-17)21(27)13-23(29)19-12-18(25)9-10-20(19)26(22(23)28)14-15-5-2-1-3-6-15/h1-12,29H,13-14H2/t23-/m1/s1. The Morgan fingerprint density at radius 1 is 1.03 bits per heavy atom. The van der Waals surface area contributed by atoms with E-state index >= 15 is 0 Å². The molecule has 3 aromatic carbocycles. The van der Waals surface area contributed by atoms with Gasteiger partial charge in [0.25, 0.3) is 5.91 Å². The molecule has 0 saturated heterocycles. The van der Waals surface area contributed by atoms with Gasteiger partial charge in [0.2, 0.25) is 0 Å². The molecule has 0 radical (unpaired) electrons. The maximum absolute atomic E-state index is 13.3. The molecular weight excluding hydrogens is 454 g/mol. The minimum Gasteiger partial charge on any atom is -0.375 e. The number of hydrogen-bond donors (Lipinski definition) is 1. The van der Waals surface area contributed by atoms with E-state index in [1.807, 2.05) is 36.4 Å². The van der Waals surface area contributed by atoms with E-state index in [1.54, 1.807) is 36.4 Å². The lowest BCUT2D eigenvalue weighted by Crippen LogP contribution is -2.41. The molecule has 4 rings (SSSR count). The van der Waals surface area contributed by atoms with Gasteiger partial charge in [0.1, 0.15) is 0 Å². The third-order valence-electron chi connectivity index (χ3n) is 5.04. The van der Waals surface area contributed by atoms with Crippen LogP contribution in [0.25, 0.3) is 0 Å². The molecule has 1 amide bonds. The molecule has 6 heteroatoms. The van der Waals surface area contributed by atoms with Crippen LogP contribution in [0.1, 0.15) is 27.9 Å². The number of amides is 1. The first-order chi connectivity index (χ1) is 13.9. The molecule has 1 heterocycles. The van der Waals surface area contributed by atoms with Crippen LogP contribution in [0.3, 0.4) is 0 Å². The maximum Gasteiger partial charge on any atom is 0.264 e. The van der Waals surface area contributed by atoms with E-state index in [4.69, 9.17) is 11.6 Å². The lowest BCUT2D eigenvalue weighted by Gasteiger charge is -2.23. The van der Waals surface area contributed by atoms with Gasteiger partial charge in [-0.05, 0) is 35.9 Å². The number of Topliss-reactive ketones (excluding diaryl/α,β-unsaturated/α-hetero) is 1. The Kier molecular flexibility index (Phi) is 5.30. The van der Waals surface area contributed by atoms with E-state index in [1.165, 1.54) is 4.90 Å². The molecule has 0 aliphatic carbocycles. The van der Waals surface area contributed by atoms with Crippen LogP contribution in [-0.2, 0) is 16.9 Å². The summed E-state index contributed by atoms with van der Waals surface area (Å²) in [5, 5.41) is 11.8. The fourth-order valence-electron chi connectivity index (χ4n) is 3.61. The predicted octanol–water partition coefficient (Wildman–Crippen LogP) is 5.11. The summed E-state index contributed by atoms with van der Waals surface area (Å²) in [5.74, 6) is -0.850. The van der Waals surface area contributed by atoms with Gasteiger partial charge in [0.05, 0.1) is 18.7 Å². The normalized spacial score (nSPS) is 18.0. The molecule has 0 unspecified atom stereocenters. The number of carbonyl (C=O) groups is 2. The lowest BCUT2D eigenvalue weighted by atomic mass is 9.88. The van der Waals surface area contributed by atoms with Crippen LogP contribution in [0.2, 0.25) is 5.02 Å². The van der Waals surface area contributed by atoms with Crippen molar-refractivity contribution < 1.29 is 14.7 Å². The molecule has 0 spiro atoms. The Morgan fingerprint density at radius 2 is 1.79 bits per heavy atom. The molecule has 4 nitrogen and oxygen atoms in total. The van der Waals surface area contributed by atoms with Crippen molar-refractivity contribution in [3.8, 4) is 0 Å². The molecule has 146 valence electrons. The smallest absolute Gasteiger partial charge is 0.264 e. The molecule has 0 saturated carbocycles. The molecule has 0 fully saturated rings. The lowest BCUT2D eigenvalue weighted by molar-refractivity contribution is -0.136. The molecule has 29 heavy (non-hydrogen) atoms. The van der Waals surface area contributed by atoms with Crippen LogP contribution < -0.4 is 4.90 Å². The fraction of sp³-hybridized carbons (Fsp3) is 0.130. The third-order valence-corrected chi connectivity index (χ3v) is 5.77. The summed E-state index contributed by atoms with van der Waals surface area (Å²) in [4.78, 5) is 27.7. The molecule has 1 atom stereocenters. The van der Waals surface area contributed by atoms with Crippen molar-refractivity contribution in [2.45, 2.75) is 18.6 Å². The van der Waals surface area contributed by atoms with Crippen LogP contribution in [0.15, 0.2) is 77.3 Å². The zero-order valence-electron chi connectivity index (χ0n) is 15.3. The second-order valence-electron chi connectivity index (χ2n) is 7.01. The summed E-state index contributed by atoms with van der Waals surface area (Å²) < 4.78 is 0.752. The van der Waals surface area contributed by atoms with Gasteiger partial charge in [-0.2, -0.15) is 0 Å². The molecule has 1 N–H and O–H groups in total. The van der Waals surface area contributed by atoms with E-state index in [-0.39, 0.29) is 12.2 Å². The number of halogens is 2. The number of ketones is 1. The summed E-state index contributed by atoms with van der Waals surface area (Å²) in [7, 11) is 0. The number of fused-ring (bicyclic) bond motifs is 1. The van der Waals surface area contributed by atoms with Gasteiger partial charge in [-0.25, -0.2) is 0 Å². The van der Waals surface area contributed by atoms with Crippen molar-refractivity contribution >= 4 is 44.9 Å². The highest BCUT2D eigenvalue weighted by atomic mass is 79.9. The minimum atomic E-state index is -1.96. The van der Waals surface area contributed by atoms with Gasteiger partial charge in [-0.15, -0.1) is 0 Å². The molecular formula is C23H17BrClNO3. The maximum atomic E-state index is 13.3. The van der Waals surface area contributed by atoms with Crippen molar-refractivity contribution in [3.05, 3.63) is 99.0 Å². The number of aliphatic hydroxyl groups is 1. The number of hydrogen-bond acceptors (Lipinski definition) is 3. The molecule has 0 bridgehead atoms. The average Bonchev–Trinajstić information content (AvgIpc) is 2.90. The third kappa shape index (κ3) is 3.73. The zero-order chi connectivity index (χ0) is 20.6. The SMILES string of the molecule is O=C(C[C@]1(O)C(=O)N(Cc2ccccc2)c2ccc(Cl)cc21)c1cccc(Br)c1. The summed E-state index contributed by atoms with van der Waals surface area (Å²) in [6.45, 7) is 0.293. The van der Waals surface area contributed by atoms with Crippen molar-refractivity contribution in [3.63, 3.8) is 0 Å². The largest absolute Gasteiger partial charge is 0.375 e. The fourth-order valence-corrected chi connectivity index (χ4v) is 4.18. The van der Waals surface area contributed by atoms with Crippen LogP contribution in [-0.4, -0.2) is 16.8 Å². The number of nitrogens with zero attached hydrogens (tertiary/aromatic N) is 1. The topological polar surface area (TPSA) is 57.6 Å². The molecule has 1 aliphatic rings. The number of rotatable bonds is 5. The first-order valence-corrected chi connectivity index (χ1v) is 10.2. The van der Waals surface area contributed by atoms with Gasteiger partial charge >= 0.3 is 0 Å². The second kappa shape index (κ2) is 7.75. The summed E-state index contributed by atoms with van der Waals surface area (Å²) >= 11 is 9.49. The van der Waals surface area contributed by atoms with Crippen LogP contribution in [0, 0.1) is 0 Å². The highest BCUT2D eigenvalue weighted by Crippen LogP contribution is 2.44. The minimum absolute atomic E-state index is 0.293. The van der Waals surface area contributed by atoms with Gasteiger partial charge in [0, 0.05) is 20.6 Å². The van der Waals surface area contributed by atoms with Crippen molar-refractivity contribution in [2.24, 2.45) is 0 Å². The summed E-state index contributed by atoms with van der Waals surface area (Å²) in [5.41, 5.74) is 0.297. The Morgan fingerprint density at radius 3 is 2.52 bits per heavy atom. The first kappa shape index (κ1) is 19.8. The molecule has 0 aromatic heterocycles. The first-order valence-electron chi connectivity index (χ1n) is 9.05. The summed E-state index contributed by atoms with van der Waals surface area (Å²) in [6, 6.07) is 21.3. The number of anilines is 1. The van der Waals surface area contributed by atoms with E-state index in [9.17, 15) is 14.7 Å². The molecule has 1 aliphatic heterocycles. The Labute approximate surface area is 181 Å². The monoisotopic (exact) mass is 469 g/mol. The summed E-state index contributed by atoms with van der Waals surface area (Å²) in [6.07, 6.45) is -0.360. The van der Waals surface area contributed by atoms with Crippen LogP contribution in [0.4, 0.5) is 5.69 Å². The average molecular weight is 471 g/mol. The van der Waals surface area contributed by atoms with Crippen LogP contribution >= 0.6 is 27.5 Å². The van der Waals surface area contributed by atoms with Crippen molar-refractivity contribution in [1.29, 1.82) is 0 Å². The van der Waals surface area contributed by atoms with Gasteiger partial charge in [0.15, 0.2) is 11.4 Å². The number of benzene rings is 3.